The molecule has 5 nitrogen and oxygen atoms in total. The van der Waals surface area contributed by atoms with E-state index < -0.39 is 0 Å². The maximum atomic E-state index is 12.4. The zero-order chi connectivity index (χ0) is 17.6. The molecule has 0 aliphatic carbocycles. The molecule has 0 fully saturated rings. The van der Waals surface area contributed by atoms with Gasteiger partial charge in [0.05, 0.1) is 25.8 Å². The minimum absolute atomic E-state index is 0.00729. The van der Waals surface area contributed by atoms with Crippen LogP contribution in [0.25, 0.3) is 0 Å². The van der Waals surface area contributed by atoms with Crippen molar-refractivity contribution in [2.75, 3.05) is 31.6 Å². The molecule has 0 bridgehead atoms. The molecule has 0 spiro atoms. The monoisotopic (exact) mass is 340 g/mol. The van der Waals surface area contributed by atoms with Crippen LogP contribution in [0.1, 0.15) is 24.1 Å². The molecule has 0 aromatic heterocycles. The number of carbonyl (C=O) groups is 1. The fourth-order valence-corrected chi connectivity index (χ4v) is 3.29. The Balaban J connectivity index is 1.62. The van der Waals surface area contributed by atoms with E-state index >= 15 is 0 Å². The first-order valence-electron chi connectivity index (χ1n) is 8.66. The van der Waals surface area contributed by atoms with Crippen LogP contribution in [0.4, 0.5) is 5.69 Å². The summed E-state index contributed by atoms with van der Waals surface area (Å²) in [6.45, 7) is 3.58. The average Bonchev–Trinajstić information content (AvgIpc) is 2.63. The van der Waals surface area contributed by atoms with Gasteiger partial charge in [-0.2, -0.15) is 0 Å². The molecule has 132 valence electrons. The lowest BCUT2D eigenvalue weighted by Gasteiger charge is -2.35. The first kappa shape index (κ1) is 17.5. The van der Waals surface area contributed by atoms with Gasteiger partial charge in [0, 0.05) is 12.2 Å². The van der Waals surface area contributed by atoms with Gasteiger partial charge in [-0.1, -0.05) is 24.3 Å². The van der Waals surface area contributed by atoms with Gasteiger partial charge in [0.1, 0.15) is 5.75 Å². The number of amides is 1. The number of anilines is 1. The van der Waals surface area contributed by atoms with Gasteiger partial charge in [-0.05, 0) is 48.7 Å². The lowest BCUT2D eigenvalue weighted by Crippen LogP contribution is -2.42. The van der Waals surface area contributed by atoms with Gasteiger partial charge in [-0.15, -0.1) is 0 Å². The van der Waals surface area contributed by atoms with E-state index in [1.165, 1.54) is 5.56 Å². The minimum atomic E-state index is -0.129. The summed E-state index contributed by atoms with van der Waals surface area (Å²) in [5.74, 6) is 0.704. The Kier molecular flexibility index (Phi) is 5.68. The molecule has 25 heavy (non-hydrogen) atoms. The molecule has 1 aliphatic heterocycles. The summed E-state index contributed by atoms with van der Waals surface area (Å²) in [7, 11) is 0. The van der Waals surface area contributed by atoms with Crippen molar-refractivity contribution in [1.29, 1.82) is 0 Å². The number of nitrogens with zero attached hydrogens (tertiary/aromatic N) is 1. The van der Waals surface area contributed by atoms with Crippen molar-refractivity contribution >= 4 is 11.6 Å². The van der Waals surface area contributed by atoms with Gasteiger partial charge in [0.2, 0.25) is 5.91 Å². The summed E-state index contributed by atoms with van der Waals surface area (Å²) in [4.78, 5) is 14.4. The van der Waals surface area contributed by atoms with Crippen molar-refractivity contribution in [2.45, 2.75) is 19.4 Å². The Bertz CT molecular complexity index is 715. The number of rotatable bonds is 6. The van der Waals surface area contributed by atoms with Crippen LogP contribution >= 0.6 is 0 Å². The van der Waals surface area contributed by atoms with Crippen LogP contribution in [0.3, 0.4) is 0 Å². The lowest BCUT2D eigenvalue weighted by atomic mass is 9.93. The third kappa shape index (κ3) is 4.18. The molecule has 3 rings (SSSR count). The van der Waals surface area contributed by atoms with E-state index in [9.17, 15) is 9.90 Å². The largest absolute Gasteiger partial charge is 0.494 e. The summed E-state index contributed by atoms with van der Waals surface area (Å²) in [6.07, 6.45) is 0.892. The van der Waals surface area contributed by atoms with Gasteiger partial charge in [0.15, 0.2) is 0 Å². The van der Waals surface area contributed by atoms with Crippen LogP contribution in [-0.4, -0.2) is 42.2 Å². The third-order valence-electron chi connectivity index (χ3n) is 4.49. The lowest BCUT2D eigenvalue weighted by molar-refractivity contribution is -0.118. The molecule has 2 aromatic rings. The number of hydrogen-bond acceptors (Lipinski definition) is 4. The highest BCUT2D eigenvalue weighted by atomic mass is 16.5. The van der Waals surface area contributed by atoms with Crippen LogP contribution in [-0.2, 0) is 11.2 Å². The second-order valence-corrected chi connectivity index (χ2v) is 6.12. The maximum Gasteiger partial charge on any atom is 0.238 e. The normalized spacial score (nSPS) is 17.0. The van der Waals surface area contributed by atoms with E-state index in [1.807, 2.05) is 54.3 Å². The molecule has 5 heteroatoms. The molecule has 0 radical (unpaired) electrons. The van der Waals surface area contributed by atoms with Gasteiger partial charge < -0.3 is 15.2 Å². The highest BCUT2D eigenvalue weighted by Gasteiger charge is 2.27. The second kappa shape index (κ2) is 8.14. The molecule has 2 N–H and O–H groups in total. The van der Waals surface area contributed by atoms with Crippen molar-refractivity contribution in [2.24, 2.45) is 0 Å². The van der Waals surface area contributed by atoms with Crippen molar-refractivity contribution in [3.63, 3.8) is 0 Å². The Morgan fingerprint density at radius 1 is 1.24 bits per heavy atom. The Morgan fingerprint density at radius 2 is 2.00 bits per heavy atom. The predicted molar refractivity (Wildman–Crippen MR) is 97.8 cm³/mol. The van der Waals surface area contributed by atoms with Gasteiger partial charge >= 0.3 is 0 Å². The number of nitrogens with one attached hydrogen (secondary N) is 1. The summed E-state index contributed by atoms with van der Waals surface area (Å²) in [6, 6.07) is 15.3. The maximum absolute atomic E-state index is 12.4. The van der Waals surface area contributed by atoms with Crippen molar-refractivity contribution in [1.82, 2.24) is 4.90 Å². The molecular weight excluding hydrogens is 316 g/mol. The zero-order valence-electron chi connectivity index (χ0n) is 14.4. The highest BCUT2D eigenvalue weighted by Crippen LogP contribution is 2.29. The predicted octanol–water partition coefficient (Wildman–Crippen LogP) is 2.62. The summed E-state index contributed by atoms with van der Waals surface area (Å²) in [5, 5.41) is 12.7. The van der Waals surface area contributed by atoms with Crippen molar-refractivity contribution in [3.8, 4) is 5.75 Å². The fourth-order valence-electron chi connectivity index (χ4n) is 3.29. The fraction of sp³-hybridized carbons (Fsp3) is 0.350. The van der Waals surface area contributed by atoms with Gasteiger partial charge in [0.25, 0.3) is 0 Å². The zero-order valence-corrected chi connectivity index (χ0v) is 14.4. The van der Waals surface area contributed by atoms with E-state index in [2.05, 4.69) is 11.4 Å². The Labute approximate surface area is 148 Å². The number of ether oxygens (including phenoxy) is 1. The van der Waals surface area contributed by atoms with Crippen LogP contribution < -0.4 is 10.1 Å². The van der Waals surface area contributed by atoms with E-state index in [1.54, 1.807) is 0 Å². The molecule has 1 amide bonds. The quantitative estimate of drug-likeness (QED) is 0.849. The third-order valence-corrected chi connectivity index (χ3v) is 4.49. The van der Waals surface area contributed by atoms with Crippen LogP contribution in [0.15, 0.2) is 48.5 Å². The topological polar surface area (TPSA) is 61.8 Å². The van der Waals surface area contributed by atoms with Crippen molar-refractivity contribution < 1.29 is 14.6 Å². The first-order chi connectivity index (χ1) is 12.2. The van der Waals surface area contributed by atoms with E-state index in [4.69, 9.17) is 4.74 Å². The molecular formula is C20H24N2O3. The second-order valence-electron chi connectivity index (χ2n) is 6.12. The van der Waals surface area contributed by atoms with E-state index in [0.717, 1.165) is 30.0 Å². The summed E-state index contributed by atoms with van der Waals surface area (Å²) < 4.78 is 5.40. The smallest absolute Gasteiger partial charge is 0.238 e. The molecule has 1 atom stereocenters. The molecule has 1 aliphatic rings. The SMILES string of the molecule is CCOc1ccc(NC(=O)CN2CCc3ccccc3C2CO)cc1. The van der Waals surface area contributed by atoms with Crippen LogP contribution in [0.2, 0.25) is 0 Å². The number of benzene rings is 2. The highest BCUT2D eigenvalue weighted by molar-refractivity contribution is 5.92. The molecule has 1 unspecified atom stereocenters. The van der Waals surface area contributed by atoms with Crippen molar-refractivity contribution in [3.05, 3.63) is 59.7 Å². The number of carbonyl (C=O) groups excluding carboxylic acids is 1. The van der Waals surface area contributed by atoms with Gasteiger partial charge in [-0.3, -0.25) is 9.69 Å². The Morgan fingerprint density at radius 3 is 2.72 bits per heavy atom. The van der Waals surface area contributed by atoms with Crippen LogP contribution in [0.5, 0.6) is 5.75 Å². The van der Waals surface area contributed by atoms with E-state index in [0.29, 0.717) is 6.61 Å². The summed E-state index contributed by atoms with van der Waals surface area (Å²) in [5.41, 5.74) is 3.11. The average molecular weight is 340 g/mol. The number of aliphatic hydroxyl groups is 1. The first-order valence-corrected chi connectivity index (χ1v) is 8.66. The summed E-state index contributed by atoms with van der Waals surface area (Å²) >= 11 is 0. The minimum Gasteiger partial charge on any atom is -0.494 e. The number of fused-ring (bicyclic) bond motifs is 1. The molecule has 1 heterocycles. The molecule has 0 saturated heterocycles. The van der Waals surface area contributed by atoms with Crippen LogP contribution in [0, 0.1) is 0 Å². The molecule has 2 aromatic carbocycles. The van der Waals surface area contributed by atoms with Gasteiger partial charge in [-0.25, -0.2) is 0 Å². The number of aliphatic hydroxyl groups excluding tert-OH is 1. The standard InChI is InChI=1S/C20H24N2O3/c1-2-25-17-9-7-16(8-10-17)21-20(24)13-22-12-11-15-5-3-4-6-18(15)19(22)14-23/h3-10,19,23H,2,11-14H2,1H3,(H,21,24). The van der Waals surface area contributed by atoms with E-state index in [-0.39, 0.29) is 25.1 Å². The Hall–Kier alpha value is -2.37. The molecule has 0 saturated carbocycles. The number of hydrogen-bond donors (Lipinski definition) is 2.